The molecule has 0 amide bonds. The maximum Gasteiger partial charge on any atom is 0.163 e. The lowest BCUT2D eigenvalue weighted by Crippen LogP contribution is -2.28. The first-order valence-electron chi connectivity index (χ1n) is 6.60. The highest BCUT2D eigenvalue weighted by molar-refractivity contribution is 6.31. The predicted molar refractivity (Wildman–Crippen MR) is 80.5 cm³/mol. The van der Waals surface area contributed by atoms with E-state index in [4.69, 9.17) is 21.6 Å². The van der Waals surface area contributed by atoms with Crippen LogP contribution in [0.2, 0.25) is 5.02 Å². The van der Waals surface area contributed by atoms with E-state index in [0.717, 1.165) is 0 Å². The van der Waals surface area contributed by atoms with E-state index < -0.39 is 0 Å². The van der Waals surface area contributed by atoms with Gasteiger partial charge in [0.2, 0.25) is 0 Å². The number of ketones is 1. The molecule has 0 saturated carbocycles. The number of methoxy groups -OCH3 is 1. The van der Waals surface area contributed by atoms with E-state index in [1.54, 1.807) is 13.2 Å². The summed E-state index contributed by atoms with van der Waals surface area (Å²) in [7, 11) is 1.60. The van der Waals surface area contributed by atoms with Gasteiger partial charge in [-0.25, -0.2) is 0 Å². The summed E-state index contributed by atoms with van der Waals surface area (Å²) in [6.07, 6.45) is 0.380. The topological polar surface area (TPSA) is 73.6 Å². The molecular formula is C15H19ClN2O3. The molecule has 1 aromatic rings. The van der Waals surface area contributed by atoms with Crippen LogP contribution in [0.25, 0.3) is 0 Å². The lowest BCUT2D eigenvalue weighted by Gasteiger charge is -2.22. The van der Waals surface area contributed by atoms with Gasteiger partial charge in [-0.15, -0.1) is 0 Å². The lowest BCUT2D eigenvalue weighted by molar-refractivity contribution is 0.101. The monoisotopic (exact) mass is 310 g/mol. The fourth-order valence-corrected chi connectivity index (χ4v) is 2.22. The van der Waals surface area contributed by atoms with Crippen molar-refractivity contribution in [3.63, 3.8) is 0 Å². The van der Waals surface area contributed by atoms with Crippen molar-refractivity contribution in [2.24, 2.45) is 0 Å². The Balaban J connectivity index is 2.96. The van der Waals surface area contributed by atoms with Gasteiger partial charge in [-0.2, -0.15) is 5.26 Å². The first-order valence-corrected chi connectivity index (χ1v) is 6.98. The number of aromatic hydroxyl groups is 1. The van der Waals surface area contributed by atoms with Gasteiger partial charge in [0, 0.05) is 43.8 Å². The third-order valence-corrected chi connectivity index (χ3v) is 3.30. The molecule has 114 valence electrons. The zero-order chi connectivity index (χ0) is 15.8. The number of nitrogens with zero attached hydrogens (tertiary/aromatic N) is 2. The van der Waals surface area contributed by atoms with Crippen molar-refractivity contribution in [2.45, 2.75) is 19.9 Å². The number of phenols is 1. The standard InChI is InChI=1S/C15H19ClN2O3/c1-11(19)14-9-13(16)8-12(15(14)20)10-18(5-3-4-17)6-7-21-2/h8-9,20H,3,5-7,10H2,1-2H3. The quantitative estimate of drug-likeness (QED) is 0.747. The molecule has 0 aliphatic heterocycles. The second-order valence-corrected chi connectivity index (χ2v) is 5.13. The largest absolute Gasteiger partial charge is 0.507 e. The molecule has 0 spiro atoms. The van der Waals surface area contributed by atoms with Crippen LogP contribution in [-0.2, 0) is 11.3 Å². The molecule has 0 saturated heterocycles. The molecule has 0 bridgehead atoms. The zero-order valence-electron chi connectivity index (χ0n) is 12.2. The van der Waals surface area contributed by atoms with E-state index in [9.17, 15) is 9.90 Å². The van der Waals surface area contributed by atoms with Gasteiger partial charge in [0.15, 0.2) is 5.78 Å². The van der Waals surface area contributed by atoms with Crippen LogP contribution in [0.15, 0.2) is 12.1 Å². The highest BCUT2D eigenvalue weighted by Gasteiger charge is 2.15. The van der Waals surface area contributed by atoms with Gasteiger partial charge in [-0.3, -0.25) is 9.69 Å². The fraction of sp³-hybridized carbons (Fsp3) is 0.467. The van der Waals surface area contributed by atoms with Crippen molar-refractivity contribution in [3.8, 4) is 11.8 Å². The summed E-state index contributed by atoms with van der Waals surface area (Å²) < 4.78 is 5.04. The van der Waals surface area contributed by atoms with E-state index in [-0.39, 0.29) is 17.1 Å². The number of ether oxygens (including phenoxy) is 1. The smallest absolute Gasteiger partial charge is 0.163 e. The van der Waals surface area contributed by atoms with Crippen LogP contribution in [0.1, 0.15) is 29.3 Å². The Hall–Kier alpha value is -1.61. The maximum atomic E-state index is 11.5. The predicted octanol–water partition coefficient (Wildman–Crippen LogP) is 2.61. The Morgan fingerprint density at radius 3 is 2.76 bits per heavy atom. The summed E-state index contributed by atoms with van der Waals surface area (Å²) in [5.74, 6) is -0.289. The van der Waals surface area contributed by atoms with Gasteiger partial charge >= 0.3 is 0 Å². The molecule has 1 rings (SSSR count). The molecule has 0 fully saturated rings. The van der Waals surface area contributed by atoms with Gasteiger partial charge in [0.1, 0.15) is 5.75 Å². The van der Waals surface area contributed by atoms with Crippen molar-refractivity contribution >= 4 is 17.4 Å². The van der Waals surface area contributed by atoms with Crippen molar-refractivity contribution < 1.29 is 14.6 Å². The number of phenolic OH excluding ortho intramolecular Hbond substituents is 1. The minimum atomic E-state index is -0.239. The first kappa shape index (κ1) is 17.4. The Kier molecular flexibility index (Phi) is 7.17. The SMILES string of the molecule is COCCN(CCC#N)Cc1cc(Cl)cc(C(C)=O)c1O. The maximum absolute atomic E-state index is 11.5. The average molecular weight is 311 g/mol. The molecule has 0 unspecified atom stereocenters. The van der Waals surface area contributed by atoms with Crippen LogP contribution < -0.4 is 0 Å². The number of hydrogen-bond acceptors (Lipinski definition) is 5. The van der Waals surface area contributed by atoms with Gasteiger partial charge in [0.05, 0.1) is 18.2 Å². The van der Waals surface area contributed by atoms with Crippen molar-refractivity contribution in [1.82, 2.24) is 4.90 Å². The molecule has 5 nitrogen and oxygen atoms in total. The van der Waals surface area contributed by atoms with Gasteiger partial charge in [0.25, 0.3) is 0 Å². The number of halogens is 1. The molecule has 0 aliphatic rings. The van der Waals surface area contributed by atoms with Crippen LogP contribution >= 0.6 is 11.6 Å². The van der Waals surface area contributed by atoms with Crippen LogP contribution in [0.3, 0.4) is 0 Å². The molecule has 21 heavy (non-hydrogen) atoms. The Bertz CT molecular complexity index is 540. The van der Waals surface area contributed by atoms with Gasteiger partial charge in [-0.05, 0) is 19.1 Å². The number of carbonyl (C=O) groups is 1. The second kappa shape index (κ2) is 8.63. The Morgan fingerprint density at radius 1 is 1.48 bits per heavy atom. The van der Waals surface area contributed by atoms with Gasteiger partial charge < -0.3 is 9.84 Å². The highest BCUT2D eigenvalue weighted by Crippen LogP contribution is 2.28. The van der Waals surface area contributed by atoms with Gasteiger partial charge in [-0.1, -0.05) is 11.6 Å². The summed E-state index contributed by atoms with van der Waals surface area (Å²) >= 11 is 6.00. The molecule has 0 aromatic heterocycles. The van der Waals surface area contributed by atoms with Crippen LogP contribution in [0.4, 0.5) is 0 Å². The molecule has 0 atom stereocenters. The molecule has 6 heteroatoms. The number of hydrogen-bond donors (Lipinski definition) is 1. The summed E-state index contributed by atoms with van der Waals surface area (Å²) in [6, 6.07) is 5.18. The first-order chi connectivity index (χ1) is 9.99. The summed E-state index contributed by atoms with van der Waals surface area (Å²) in [4.78, 5) is 13.5. The summed E-state index contributed by atoms with van der Waals surface area (Å²) in [5.41, 5.74) is 0.784. The highest BCUT2D eigenvalue weighted by atomic mass is 35.5. The van der Waals surface area contributed by atoms with Crippen molar-refractivity contribution in [1.29, 1.82) is 5.26 Å². The average Bonchev–Trinajstić information content (AvgIpc) is 2.44. The number of nitriles is 1. The van der Waals surface area contributed by atoms with E-state index in [1.165, 1.54) is 13.0 Å². The Morgan fingerprint density at radius 2 is 2.19 bits per heavy atom. The zero-order valence-corrected chi connectivity index (χ0v) is 13.0. The lowest BCUT2D eigenvalue weighted by atomic mass is 10.1. The number of Topliss-reactive ketones (excluding diaryl/α,β-unsaturated/α-hetero) is 1. The fourth-order valence-electron chi connectivity index (χ4n) is 1.98. The molecule has 0 heterocycles. The van der Waals surface area contributed by atoms with Crippen LogP contribution in [0.5, 0.6) is 5.75 Å². The van der Waals surface area contributed by atoms with Crippen LogP contribution in [0, 0.1) is 11.3 Å². The van der Waals surface area contributed by atoms with Crippen molar-refractivity contribution in [2.75, 3.05) is 26.8 Å². The normalized spacial score (nSPS) is 10.6. The third-order valence-electron chi connectivity index (χ3n) is 3.08. The molecular weight excluding hydrogens is 292 g/mol. The summed E-state index contributed by atoms with van der Waals surface area (Å²) in [5, 5.41) is 19.3. The molecule has 1 aromatic carbocycles. The second-order valence-electron chi connectivity index (χ2n) is 4.69. The van der Waals surface area contributed by atoms with E-state index >= 15 is 0 Å². The van der Waals surface area contributed by atoms with E-state index in [0.29, 0.717) is 43.2 Å². The number of rotatable bonds is 8. The minimum Gasteiger partial charge on any atom is -0.507 e. The van der Waals surface area contributed by atoms with E-state index in [2.05, 4.69) is 6.07 Å². The number of benzene rings is 1. The third kappa shape index (κ3) is 5.35. The summed E-state index contributed by atoms with van der Waals surface area (Å²) in [6.45, 7) is 3.48. The molecule has 0 radical (unpaired) electrons. The Labute approximate surface area is 129 Å². The van der Waals surface area contributed by atoms with Crippen molar-refractivity contribution in [3.05, 3.63) is 28.3 Å². The van der Waals surface area contributed by atoms with Crippen LogP contribution in [-0.4, -0.2) is 42.6 Å². The minimum absolute atomic E-state index is 0.0497. The molecule has 1 N–H and O–H groups in total. The van der Waals surface area contributed by atoms with E-state index in [1.807, 2.05) is 4.90 Å². The number of carbonyl (C=O) groups excluding carboxylic acids is 1. The molecule has 0 aliphatic carbocycles.